The lowest BCUT2D eigenvalue weighted by Crippen LogP contribution is -2.32. The maximum Gasteiger partial charge on any atom is 0.243 e. The Bertz CT molecular complexity index is 721. The maximum absolute atomic E-state index is 11.9. The molecule has 7 heteroatoms. The van der Waals surface area contributed by atoms with Crippen LogP contribution in [-0.2, 0) is 9.59 Å². The SMILES string of the molecule is CCOc1ccc(NC(=O)CNC(=O)CCSc2ccc(Cl)cc2)cc1. The molecule has 2 aromatic carbocycles. The fourth-order valence-corrected chi connectivity index (χ4v) is 3.04. The summed E-state index contributed by atoms with van der Waals surface area (Å²) in [6.45, 7) is 2.44. The molecule has 0 bridgehead atoms. The standard InChI is InChI=1S/C19H21ClN2O3S/c1-2-25-16-7-5-15(6-8-16)22-19(24)13-21-18(23)11-12-26-17-9-3-14(20)4-10-17/h3-10H,2,11-13H2,1H3,(H,21,23)(H,22,24). The topological polar surface area (TPSA) is 67.4 Å². The number of hydrogen-bond acceptors (Lipinski definition) is 4. The average Bonchev–Trinajstić information content (AvgIpc) is 2.63. The van der Waals surface area contributed by atoms with Gasteiger partial charge in [0.25, 0.3) is 0 Å². The highest BCUT2D eigenvalue weighted by Crippen LogP contribution is 2.20. The first-order chi connectivity index (χ1) is 12.6. The summed E-state index contributed by atoms with van der Waals surface area (Å²) in [6, 6.07) is 14.5. The van der Waals surface area contributed by atoms with E-state index < -0.39 is 0 Å². The Kier molecular flexibility index (Phi) is 8.31. The molecule has 0 radical (unpaired) electrons. The minimum atomic E-state index is -0.270. The summed E-state index contributed by atoms with van der Waals surface area (Å²) < 4.78 is 5.34. The van der Waals surface area contributed by atoms with Crippen LogP contribution in [-0.4, -0.2) is 30.7 Å². The first kappa shape index (κ1) is 20.1. The first-order valence-corrected chi connectivity index (χ1v) is 9.61. The van der Waals surface area contributed by atoms with E-state index in [-0.39, 0.29) is 18.4 Å². The molecule has 138 valence electrons. The molecule has 0 aliphatic heterocycles. The second kappa shape index (κ2) is 10.7. The highest BCUT2D eigenvalue weighted by atomic mass is 35.5. The van der Waals surface area contributed by atoms with Crippen molar-refractivity contribution < 1.29 is 14.3 Å². The Labute approximate surface area is 162 Å². The van der Waals surface area contributed by atoms with Gasteiger partial charge in [-0.3, -0.25) is 9.59 Å². The smallest absolute Gasteiger partial charge is 0.243 e. The molecule has 0 aliphatic rings. The molecule has 0 saturated carbocycles. The van der Waals surface area contributed by atoms with Gasteiger partial charge in [-0.2, -0.15) is 0 Å². The number of nitrogens with one attached hydrogen (secondary N) is 2. The van der Waals surface area contributed by atoms with E-state index in [1.54, 1.807) is 36.0 Å². The van der Waals surface area contributed by atoms with Crippen LogP contribution in [0, 0.1) is 0 Å². The molecule has 2 rings (SSSR count). The van der Waals surface area contributed by atoms with Crippen molar-refractivity contribution >= 4 is 40.9 Å². The summed E-state index contributed by atoms with van der Waals surface area (Å²) in [6.07, 6.45) is 0.337. The monoisotopic (exact) mass is 392 g/mol. The summed E-state index contributed by atoms with van der Waals surface area (Å²) in [5.74, 6) is 0.951. The summed E-state index contributed by atoms with van der Waals surface area (Å²) in [7, 11) is 0. The zero-order valence-electron chi connectivity index (χ0n) is 14.5. The van der Waals surface area contributed by atoms with Crippen molar-refractivity contribution in [3.63, 3.8) is 0 Å². The summed E-state index contributed by atoms with van der Waals surface area (Å²) in [5.41, 5.74) is 0.658. The lowest BCUT2D eigenvalue weighted by atomic mass is 10.3. The fourth-order valence-electron chi connectivity index (χ4n) is 2.07. The third kappa shape index (κ3) is 7.37. The van der Waals surface area contributed by atoms with Gasteiger partial charge < -0.3 is 15.4 Å². The van der Waals surface area contributed by atoms with Crippen LogP contribution in [0.4, 0.5) is 5.69 Å². The highest BCUT2D eigenvalue weighted by molar-refractivity contribution is 7.99. The van der Waals surface area contributed by atoms with Crippen LogP contribution in [0.1, 0.15) is 13.3 Å². The van der Waals surface area contributed by atoms with Crippen LogP contribution >= 0.6 is 23.4 Å². The van der Waals surface area contributed by atoms with Crippen molar-refractivity contribution in [2.24, 2.45) is 0 Å². The van der Waals surface area contributed by atoms with Gasteiger partial charge in [0.2, 0.25) is 11.8 Å². The van der Waals surface area contributed by atoms with Gasteiger partial charge in [-0.05, 0) is 55.5 Å². The molecule has 0 fully saturated rings. The number of rotatable bonds is 9. The number of ether oxygens (including phenoxy) is 1. The number of anilines is 1. The van der Waals surface area contributed by atoms with E-state index in [9.17, 15) is 9.59 Å². The third-order valence-corrected chi connectivity index (χ3v) is 4.57. The van der Waals surface area contributed by atoms with Gasteiger partial charge in [0.1, 0.15) is 5.75 Å². The van der Waals surface area contributed by atoms with Crippen LogP contribution in [0.5, 0.6) is 5.75 Å². The number of thioether (sulfide) groups is 1. The average molecular weight is 393 g/mol. The van der Waals surface area contributed by atoms with E-state index in [2.05, 4.69) is 10.6 Å². The fraction of sp³-hybridized carbons (Fsp3) is 0.263. The van der Waals surface area contributed by atoms with Gasteiger partial charge in [-0.15, -0.1) is 11.8 Å². The predicted octanol–water partition coefficient (Wildman–Crippen LogP) is 3.98. The number of carbonyl (C=O) groups is 2. The van der Waals surface area contributed by atoms with Crippen molar-refractivity contribution in [1.82, 2.24) is 5.32 Å². The minimum Gasteiger partial charge on any atom is -0.494 e. The second-order valence-corrected chi connectivity index (χ2v) is 6.94. The van der Waals surface area contributed by atoms with Gasteiger partial charge in [-0.25, -0.2) is 0 Å². The van der Waals surface area contributed by atoms with Gasteiger partial charge in [0.15, 0.2) is 0 Å². The summed E-state index contributed by atoms with van der Waals surface area (Å²) in [5, 5.41) is 6.03. The molecule has 0 saturated heterocycles. The van der Waals surface area contributed by atoms with Crippen LogP contribution in [0.2, 0.25) is 5.02 Å². The Morgan fingerprint density at radius 3 is 2.38 bits per heavy atom. The van der Waals surface area contributed by atoms with E-state index in [4.69, 9.17) is 16.3 Å². The van der Waals surface area contributed by atoms with E-state index in [0.29, 0.717) is 29.5 Å². The van der Waals surface area contributed by atoms with Gasteiger partial charge in [0, 0.05) is 27.8 Å². The van der Waals surface area contributed by atoms with Crippen molar-refractivity contribution in [2.45, 2.75) is 18.2 Å². The Morgan fingerprint density at radius 2 is 1.73 bits per heavy atom. The Morgan fingerprint density at radius 1 is 1.04 bits per heavy atom. The van der Waals surface area contributed by atoms with Crippen LogP contribution in [0.3, 0.4) is 0 Å². The Balaban J connectivity index is 1.64. The van der Waals surface area contributed by atoms with Crippen molar-refractivity contribution in [3.05, 3.63) is 53.6 Å². The number of amides is 2. The lowest BCUT2D eigenvalue weighted by molar-refractivity contribution is -0.123. The Hall–Kier alpha value is -2.18. The zero-order valence-corrected chi connectivity index (χ0v) is 16.0. The van der Waals surface area contributed by atoms with E-state index in [0.717, 1.165) is 10.6 Å². The number of benzene rings is 2. The number of halogens is 1. The molecule has 5 nitrogen and oxygen atoms in total. The van der Waals surface area contributed by atoms with Gasteiger partial charge >= 0.3 is 0 Å². The largest absolute Gasteiger partial charge is 0.494 e. The summed E-state index contributed by atoms with van der Waals surface area (Å²) in [4.78, 5) is 24.8. The molecular weight excluding hydrogens is 372 g/mol. The van der Waals surface area contributed by atoms with Crippen LogP contribution in [0.15, 0.2) is 53.4 Å². The quantitative estimate of drug-likeness (QED) is 0.633. The van der Waals surface area contributed by atoms with E-state index in [1.807, 2.05) is 31.2 Å². The molecule has 26 heavy (non-hydrogen) atoms. The normalized spacial score (nSPS) is 10.2. The van der Waals surface area contributed by atoms with Crippen molar-refractivity contribution in [1.29, 1.82) is 0 Å². The molecule has 0 atom stereocenters. The minimum absolute atomic E-state index is 0.0579. The van der Waals surface area contributed by atoms with E-state index in [1.165, 1.54) is 0 Å². The van der Waals surface area contributed by atoms with Crippen LogP contribution in [0.25, 0.3) is 0 Å². The molecule has 2 aromatic rings. The molecule has 0 aromatic heterocycles. The lowest BCUT2D eigenvalue weighted by Gasteiger charge is -2.08. The van der Waals surface area contributed by atoms with Crippen molar-refractivity contribution in [3.8, 4) is 5.75 Å². The zero-order chi connectivity index (χ0) is 18.8. The first-order valence-electron chi connectivity index (χ1n) is 8.24. The molecule has 0 aliphatic carbocycles. The molecule has 0 heterocycles. The molecule has 2 amide bonds. The summed E-state index contributed by atoms with van der Waals surface area (Å²) >= 11 is 7.40. The maximum atomic E-state index is 11.9. The second-order valence-electron chi connectivity index (χ2n) is 5.33. The van der Waals surface area contributed by atoms with Crippen LogP contribution < -0.4 is 15.4 Å². The van der Waals surface area contributed by atoms with Gasteiger partial charge in [0.05, 0.1) is 13.2 Å². The highest BCUT2D eigenvalue weighted by Gasteiger charge is 2.07. The molecule has 2 N–H and O–H groups in total. The molecule has 0 unspecified atom stereocenters. The number of hydrogen-bond donors (Lipinski definition) is 2. The third-order valence-electron chi connectivity index (χ3n) is 3.31. The molecular formula is C19H21ClN2O3S. The number of carbonyl (C=O) groups excluding carboxylic acids is 2. The van der Waals surface area contributed by atoms with Crippen molar-refractivity contribution in [2.75, 3.05) is 24.2 Å². The van der Waals surface area contributed by atoms with Gasteiger partial charge in [-0.1, -0.05) is 11.6 Å². The van der Waals surface area contributed by atoms with E-state index >= 15 is 0 Å². The molecule has 0 spiro atoms. The predicted molar refractivity (Wildman–Crippen MR) is 106 cm³/mol.